The number of nitro benzene ring substituents is 1. The highest BCUT2D eigenvalue weighted by Crippen LogP contribution is 2.32. The maximum absolute atomic E-state index is 11.1. The molecule has 2 aromatic rings. The van der Waals surface area contributed by atoms with Crippen molar-refractivity contribution in [1.82, 2.24) is 0 Å². The smallest absolute Gasteiger partial charge is 0.292 e. The fourth-order valence-electron chi connectivity index (χ4n) is 3.20. The topological polar surface area (TPSA) is 120 Å². The highest BCUT2D eigenvalue weighted by atomic mass is 16.6. The molecule has 1 fully saturated rings. The first kappa shape index (κ1) is 16.3. The van der Waals surface area contributed by atoms with Crippen LogP contribution in [-0.2, 0) is 6.42 Å². The fraction of sp³-hybridized carbons (Fsp3) is 0.263. The summed E-state index contributed by atoms with van der Waals surface area (Å²) in [7, 11) is 0. The quantitative estimate of drug-likeness (QED) is 0.290. The van der Waals surface area contributed by atoms with Crippen LogP contribution in [-0.4, -0.2) is 22.5 Å². The van der Waals surface area contributed by atoms with Gasteiger partial charge in [-0.25, -0.2) is 0 Å². The summed E-state index contributed by atoms with van der Waals surface area (Å²) in [4.78, 5) is 19.8. The summed E-state index contributed by atoms with van der Waals surface area (Å²) >= 11 is 0. The van der Waals surface area contributed by atoms with Crippen molar-refractivity contribution in [2.24, 2.45) is 15.7 Å². The lowest BCUT2D eigenvalue weighted by Gasteiger charge is -2.21. The largest absolute Gasteiger partial charge is 0.393 e. The molecule has 4 N–H and O–H groups in total. The van der Waals surface area contributed by atoms with Gasteiger partial charge in [0.05, 0.1) is 22.4 Å². The van der Waals surface area contributed by atoms with Crippen molar-refractivity contribution in [1.29, 1.82) is 0 Å². The number of nitro groups is 1. The van der Waals surface area contributed by atoms with E-state index in [0.717, 1.165) is 35.4 Å². The number of nitrogens with two attached hydrogens (primary N) is 2. The number of fused-ring (bicyclic) bond motifs is 1. The number of rotatable bonds is 4. The van der Waals surface area contributed by atoms with E-state index in [1.54, 1.807) is 12.1 Å². The van der Waals surface area contributed by atoms with Gasteiger partial charge in [-0.1, -0.05) is 6.07 Å². The molecule has 1 aliphatic carbocycles. The van der Waals surface area contributed by atoms with Gasteiger partial charge in [-0.15, -0.1) is 0 Å². The zero-order valence-electron chi connectivity index (χ0n) is 14.2. The Kier molecular flexibility index (Phi) is 3.91. The van der Waals surface area contributed by atoms with Crippen LogP contribution in [0, 0.1) is 10.1 Å². The van der Waals surface area contributed by atoms with Gasteiger partial charge < -0.3 is 11.5 Å². The number of hydrogen-bond acceptors (Lipinski definition) is 5. The van der Waals surface area contributed by atoms with Gasteiger partial charge >= 0.3 is 0 Å². The van der Waals surface area contributed by atoms with Gasteiger partial charge in [-0.2, -0.15) is 0 Å². The van der Waals surface area contributed by atoms with Crippen LogP contribution >= 0.6 is 0 Å². The first-order valence-electron chi connectivity index (χ1n) is 8.59. The van der Waals surface area contributed by atoms with E-state index >= 15 is 0 Å². The van der Waals surface area contributed by atoms with Crippen molar-refractivity contribution in [2.75, 3.05) is 5.73 Å². The van der Waals surface area contributed by atoms with Gasteiger partial charge in [0.25, 0.3) is 5.69 Å². The van der Waals surface area contributed by atoms with Gasteiger partial charge in [0.15, 0.2) is 0 Å². The molecule has 1 saturated carbocycles. The molecule has 0 bridgehead atoms. The van der Waals surface area contributed by atoms with Gasteiger partial charge in [0, 0.05) is 23.6 Å². The Morgan fingerprint density at radius 2 is 2.04 bits per heavy atom. The van der Waals surface area contributed by atoms with E-state index in [2.05, 4.69) is 9.98 Å². The summed E-state index contributed by atoms with van der Waals surface area (Å²) in [6, 6.07) is 11.0. The Hall–Kier alpha value is -3.22. The molecule has 132 valence electrons. The van der Waals surface area contributed by atoms with Crippen LogP contribution in [0.2, 0.25) is 0 Å². The molecule has 0 unspecified atom stereocenters. The predicted octanol–water partition coefficient (Wildman–Crippen LogP) is 3.11. The molecule has 0 saturated heterocycles. The van der Waals surface area contributed by atoms with Crippen LogP contribution in [0.4, 0.5) is 17.1 Å². The summed E-state index contributed by atoms with van der Waals surface area (Å²) in [5.74, 6) is 0.564. The molecule has 1 aliphatic heterocycles. The average molecular weight is 349 g/mol. The van der Waals surface area contributed by atoms with E-state index in [9.17, 15) is 10.1 Å². The Labute approximate surface area is 150 Å². The maximum Gasteiger partial charge on any atom is 0.292 e. The average Bonchev–Trinajstić information content (AvgIpc) is 3.01. The number of hydrogen-bond donors (Lipinski definition) is 2. The number of aliphatic imine (C=N–C) groups is 2. The van der Waals surface area contributed by atoms with Crippen LogP contribution in [0.5, 0.6) is 0 Å². The highest BCUT2D eigenvalue weighted by Gasteiger charge is 2.21. The Morgan fingerprint density at radius 3 is 2.73 bits per heavy atom. The van der Waals surface area contributed by atoms with E-state index in [4.69, 9.17) is 11.5 Å². The normalized spacial score (nSPS) is 16.8. The number of amidine groups is 1. The van der Waals surface area contributed by atoms with E-state index in [1.807, 2.05) is 18.2 Å². The third-order valence-corrected chi connectivity index (χ3v) is 4.95. The Balaban J connectivity index is 1.60. The molecule has 7 heteroatoms. The minimum absolute atomic E-state index is 0.0984. The number of benzene rings is 2. The Morgan fingerprint density at radius 1 is 1.23 bits per heavy atom. The molecule has 0 amide bonds. The molecule has 0 atom stereocenters. The van der Waals surface area contributed by atoms with Crippen molar-refractivity contribution < 1.29 is 4.92 Å². The van der Waals surface area contributed by atoms with Crippen molar-refractivity contribution in [3.05, 3.63) is 63.2 Å². The van der Waals surface area contributed by atoms with Gasteiger partial charge in [0.2, 0.25) is 0 Å². The van der Waals surface area contributed by atoms with Gasteiger partial charge in [-0.05, 0) is 49.1 Å². The number of nitrogens with zero attached hydrogens (tertiary/aromatic N) is 3. The molecule has 1 heterocycles. The lowest BCUT2D eigenvalue weighted by atomic mass is 9.93. The second-order valence-electron chi connectivity index (χ2n) is 6.71. The lowest BCUT2D eigenvalue weighted by Crippen LogP contribution is -2.22. The molecule has 2 aliphatic rings. The molecule has 2 aromatic carbocycles. The standard InChI is InChI=1S/C19H19N5O2/c20-15-6-4-11(10-18(15)24(25)26)17-9-13-8-12(5-7-16(13)23-17)19(21)22-14-2-1-3-14/h4-8,10,14H,1-3,9,20H2,(H2,21,22). The minimum atomic E-state index is -0.475. The first-order chi connectivity index (χ1) is 12.5. The summed E-state index contributed by atoms with van der Waals surface area (Å²) in [6.45, 7) is 0. The zero-order chi connectivity index (χ0) is 18.3. The summed E-state index contributed by atoms with van der Waals surface area (Å²) in [6.07, 6.45) is 4.03. The van der Waals surface area contributed by atoms with Crippen LogP contribution in [0.3, 0.4) is 0 Å². The van der Waals surface area contributed by atoms with E-state index in [-0.39, 0.29) is 11.4 Å². The molecule has 0 aromatic heterocycles. The molecular weight excluding hydrogens is 330 g/mol. The second-order valence-corrected chi connectivity index (χ2v) is 6.71. The highest BCUT2D eigenvalue weighted by molar-refractivity contribution is 6.08. The van der Waals surface area contributed by atoms with Crippen LogP contribution in [0.15, 0.2) is 46.4 Å². The number of anilines is 1. The first-order valence-corrected chi connectivity index (χ1v) is 8.59. The van der Waals surface area contributed by atoms with Crippen molar-refractivity contribution in [2.45, 2.75) is 31.7 Å². The summed E-state index contributed by atoms with van der Waals surface area (Å²) in [5, 5.41) is 11.1. The molecule has 0 radical (unpaired) electrons. The predicted molar refractivity (Wildman–Crippen MR) is 102 cm³/mol. The van der Waals surface area contributed by atoms with E-state index < -0.39 is 4.92 Å². The van der Waals surface area contributed by atoms with Crippen LogP contribution < -0.4 is 11.5 Å². The summed E-state index contributed by atoms with van der Waals surface area (Å²) < 4.78 is 0. The third-order valence-electron chi connectivity index (χ3n) is 4.95. The zero-order valence-corrected chi connectivity index (χ0v) is 14.2. The van der Waals surface area contributed by atoms with Crippen molar-refractivity contribution >= 4 is 28.6 Å². The third kappa shape index (κ3) is 2.92. The van der Waals surface area contributed by atoms with E-state index in [1.165, 1.54) is 12.5 Å². The van der Waals surface area contributed by atoms with Crippen molar-refractivity contribution in [3.8, 4) is 0 Å². The van der Waals surface area contributed by atoms with Crippen LogP contribution in [0.1, 0.15) is 36.0 Å². The van der Waals surface area contributed by atoms with Crippen LogP contribution in [0.25, 0.3) is 0 Å². The van der Waals surface area contributed by atoms with Crippen molar-refractivity contribution in [3.63, 3.8) is 0 Å². The Bertz CT molecular complexity index is 960. The fourth-order valence-corrected chi connectivity index (χ4v) is 3.20. The molecule has 0 spiro atoms. The van der Waals surface area contributed by atoms with Gasteiger partial charge in [0.1, 0.15) is 11.5 Å². The SMILES string of the molecule is NC(=NC1CCC1)c1ccc2c(c1)CC(c1ccc(N)c([N+](=O)[O-])c1)=N2. The molecule has 26 heavy (non-hydrogen) atoms. The van der Waals surface area contributed by atoms with Gasteiger partial charge in [-0.3, -0.25) is 20.1 Å². The molecule has 7 nitrogen and oxygen atoms in total. The second kappa shape index (κ2) is 6.25. The molecular formula is C19H19N5O2. The maximum atomic E-state index is 11.1. The van der Waals surface area contributed by atoms with E-state index in [0.29, 0.717) is 23.9 Å². The molecule has 4 rings (SSSR count). The summed E-state index contributed by atoms with van der Waals surface area (Å²) in [5.41, 5.74) is 16.2. The lowest BCUT2D eigenvalue weighted by molar-refractivity contribution is -0.383. The minimum Gasteiger partial charge on any atom is -0.393 e. The monoisotopic (exact) mass is 349 g/mol. The number of nitrogen functional groups attached to an aromatic ring is 1.